The van der Waals surface area contributed by atoms with Gasteiger partial charge in [-0.3, -0.25) is 0 Å². The molecule has 4 rings (SSSR count). The first-order valence-corrected chi connectivity index (χ1v) is 8.21. The van der Waals surface area contributed by atoms with Crippen LogP contribution in [0.3, 0.4) is 0 Å². The zero-order chi connectivity index (χ0) is 17.2. The third-order valence-corrected chi connectivity index (χ3v) is 4.14. The molecule has 0 spiro atoms. The molecule has 6 heteroatoms. The largest absolute Gasteiger partial charge is 1.00 e. The van der Waals surface area contributed by atoms with E-state index in [1.807, 2.05) is 54.9 Å². The van der Waals surface area contributed by atoms with E-state index in [4.69, 9.17) is 16.0 Å². The second kappa shape index (κ2) is 7.81. The number of hydrogen-bond acceptors (Lipinski definition) is 3. The summed E-state index contributed by atoms with van der Waals surface area (Å²) in [5.74, 6) is 0.291. The molecular formula is C20H14BrClN2O2. The van der Waals surface area contributed by atoms with E-state index in [2.05, 4.69) is 9.55 Å². The topological polar surface area (TPSA) is 47.0 Å². The van der Waals surface area contributed by atoms with Crippen molar-refractivity contribution in [3.05, 3.63) is 94.1 Å². The molecule has 4 nitrogen and oxygen atoms in total. The van der Waals surface area contributed by atoms with Gasteiger partial charge in [-0.25, -0.2) is 14.3 Å². The maximum atomic E-state index is 12.2. The molecule has 26 heavy (non-hydrogen) atoms. The molecule has 0 radical (unpaired) electrons. The fraction of sp³-hybridized carbons (Fsp3) is 0.0500. The van der Waals surface area contributed by atoms with Crippen LogP contribution in [0.4, 0.5) is 0 Å². The van der Waals surface area contributed by atoms with Crippen LogP contribution in [-0.4, -0.2) is 4.98 Å². The maximum absolute atomic E-state index is 12.2. The normalized spacial score (nSPS) is 10.5. The molecule has 0 aliphatic carbocycles. The van der Waals surface area contributed by atoms with E-state index in [0.29, 0.717) is 21.8 Å². The molecule has 0 N–H and O–H groups in total. The van der Waals surface area contributed by atoms with Crippen LogP contribution in [0.2, 0.25) is 5.02 Å². The fourth-order valence-corrected chi connectivity index (χ4v) is 2.89. The highest BCUT2D eigenvalue weighted by Crippen LogP contribution is 2.21. The lowest BCUT2D eigenvalue weighted by molar-refractivity contribution is -0.688. The van der Waals surface area contributed by atoms with Crippen molar-refractivity contribution in [2.24, 2.45) is 0 Å². The third kappa shape index (κ3) is 3.84. The Morgan fingerprint density at radius 2 is 1.81 bits per heavy atom. The molecule has 2 heterocycles. The molecule has 2 aromatic heterocycles. The van der Waals surface area contributed by atoms with Crippen LogP contribution in [0.25, 0.3) is 22.4 Å². The quantitative estimate of drug-likeness (QED) is 0.454. The second-order valence-electron chi connectivity index (χ2n) is 5.72. The number of nitrogens with zero attached hydrogens (tertiary/aromatic N) is 2. The zero-order valence-electron chi connectivity index (χ0n) is 13.6. The van der Waals surface area contributed by atoms with E-state index in [-0.39, 0.29) is 17.0 Å². The molecule has 0 amide bonds. The van der Waals surface area contributed by atoms with Gasteiger partial charge in [0.2, 0.25) is 5.89 Å². The van der Waals surface area contributed by atoms with Gasteiger partial charge < -0.3 is 21.4 Å². The van der Waals surface area contributed by atoms with Gasteiger partial charge in [0.15, 0.2) is 18.9 Å². The van der Waals surface area contributed by atoms with Gasteiger partial charge in [0, 0.05) is 28.3 Å². The van der Waals surface area contributed by atoms with Crippen LogP contribution < -0.4 is 27.2 Å². The lowest BCUT2D eigenvalue weighted by Crippen LogP contribution is -3.00. The lowest BCUT2D eigenvalue weighted by atomic mass is 10.1. The first-order valence-electron chi connectivity index (χ1n) is 7.83. The average Bonchev–Trinajstić information content (AvgIpc) is 2.62. The molecule has 0 fully saturated rings. The molecule has 4 aromatic rings. The molecule has 0 aliphatic heterocycles. The number of pyridine rings is 1. The Morgan fingerprint density at radius 1 is 1.00 bits per heavy atom. The van der Waals surface area contributed by atoms with Gasteiger partial charge in [-0.2, -0.15) is 0 Å². The molecule has 0 saturated heterocycles. The molecule has 2 aromatic carbocycles. The summed E-state index contributed by atoms with van der Waals surface area (Å²) in [5, 5.41) is 0.954. The number of fused-ring (bicyclic) bond motifs is 1. The summed E-state index contributed by atoms with van der Waals surface area (Å²) < 4.78 is 7.48. The van der Waals surface area contributed by atoms with Crippen LogP contribution in [0, 0.1) is 0 Å². The molecule has 0 aliphatic rings. The number of aromatic nitrogens is 2. The minimum Gasteiger partial charge on any atom is -1.00 e. The number of hydrogen-bond donors (Lipinski definition) is 0. The fourth-order valence-electron chi connectivity index (χ4n) is 2.72. The number of benzene rings is 2. The van der Waals surface area contributed by atoms with Crippen LogP contribution in [0.5, 0.6) is 0 Å². The van der Waals surface area contributed by atoms with Gasteiger partial charge in [-0.1, -0.05) is 29.8 Å². The summed E-state index contributed by atoms with van der Waals surface area (Å²) in [4.78, 5) is 16.7. The zero-order valence-corrected chi connectivity index (χ0v) is 15.9. The van der Waals surface area contributed by atoms with Gasteiger partial charge >= 0.3 is 5.63 Å². The predicted molar refractivity (Wildman–Crippen MR) is 96.5 cm³/mol. The van der Waals surface area contributed by atoms with Crippen molar-refractivity contribution in [2.75, 3.05) is 0 Å². The van der Waals surface area contributed by atoms with Crippen molar-refractivity contribution in [2.45, 2.75) is 6.54 Å². The Balaban J connectivity index is 0.00000196. The Morgan fingerprint density at radius 3 is 2.62 bits per heavy atom. The minimum absolute atomic E-state index is 0. The highest BCUT2D eigenvalue weighted by atomic mass is 79.9. The third-order valence-electron chi connectivity index (χ3n) is 3.91. The first-order chi connectivity index (χ1) is 12.2. The Hall–Kier alpha value is -2.50. The minimum atomic E-state index is -0.417. The Kier molecular flexibility index (Phi) is 5.49. The lowest BCUT2D eigenvalue weighted by Gasteiger charge is -2.04. The van der Waals surface area contributed by atoms with Crippen LogP contribution in [0.1, 0.15) is 5.56 Å². The first kappa shape index (κ1) is 18.3. The average molecular weight is 430 g/mol. The van der Waals surface area contributed by atoms with E-state index in [0.717, 1.165) is 17.7 Å². The van der Waals surface area contributed by atoms with Gasteiger partial charge in [0.25, 0.3) is 0 Å². The van der Waals surface area contributed by atoms with Crippen molar-refractivity contribution in [1.29, 1.82) is 0 Å². The standard InChI is InChI=1S/C20H14ClN2O2.BrH/c21-16-7-8-17-18(12-16)22-19(25-20(17)24)15-6-4-5-14(11-15)13-23-9-2-1-3-10-23;/h1-12H,13H2;1H/q+1;/p-1. The van der Waals surface area contributed by atoms with Crippen LogP contribution >= 0.6 is 11.6 Å². The molecule has 130 valence electrons. The molecular weight excluding hydrogens is 416 g/mol. The summed E-state index contributed by atoms with van der Waals surface area (Å²) in [6, 6.07) is 18.7. The summed E-state index contributed by atoms with van der Waals surface area (Å²) >= 11 is 6.01. The SMILES string of the molecule is O=c1oc(-c2cccc(C[n+]3ccccc3)c2)nc2cc(Cl)ccc12.[Br-]. The number of halogens is 2. The van der Waals surface area contributed by atoms with Crippen LogP contribution in [-0.2, 0) is 6.54 Å². The summed E-state index contributed by atoms with van der Waals surface area (Å²) in [7, 11) is 0. The van der Waals surface area contributed by atoms with E-state index in [1.54, 1.807) is 18.2 Å². The van der Waals surface area contributed by atoms with Gasteiger partial charge in [0.1, 0.15) is 0 Å². The summed E-state index contributed by atoms with van der Waals surface area (Å²) in [5.41, 5.74) is 1.96. The molecule has 0 unspecified atom stereocenters. The molecule has 0 bridgehead atoms. The Labute approximate surface area is 165 Å². The van der Waals surface area contributed by atoms with Crippen molar-refractivity contribution in [1.82, 2.24) is 4.98 Å². The van der Waals surface area contributed by atoms with E-state index in [1.165, 1.54) is 0 Å². The highest BCUT2D eigenvalue weighted by Gasteiger charge is 2.10. The molecule has 0 atom stereocenters. The maximum Gasteiger partial charge on any atom is 0.347 e. The van der Waals surface area contributed by atoms with Gasteiger partial charge in [-0.05, 0) is 30.3 Å². The van der Waals surface area contributed by atoms with Crippen molar-refractivity contribution in [3.8, 4) is 11.5 Å². The summed E-state index contributed by atoms with van der Waals surface area (Å²) in [6.45, 7) is 0.721. The highest BCUT2D eigenvalue weighted by molar-refractivity contribution is 6.31. The smallest absolute Gasteiger partial charge is 0.347 e. The van der Waals surface area contributed by atoms with Gasteiger partial charge in [0.05, 0.1) is 10.9 Å². The van der Waals surface area contributed by atoms with Crippen LogP contribution in [0.15, 0.2) is 82.3 Å². The second-order valence-corrected chi connectivity index (χ2v) is 6.15. The number of rotatable bonds is 3. The monoisotopic (exact) mass is 428 g/mol. The van der Waals surface area contributed by atoms with E-state index in [9.17, 15) is 4.79 Å². The van der Waals surface area contributed by atoms with E-state index < -0.39 is 5.63 Å². The molecule has 0 saturated carbocycles. The van der Waals surface area contributed by atoms with Gasteiger partial charge in [-0.15, -0.1) is 0 Å². The van der Waals surface area contributed by atoms with Crippen molar-refractivity contribution >= 4 is 22.5 Å². The van der Waals surface area contributed by atoms with Crippen molar-refractivity contribution < 1.29 is 26.0 Å². The van der Waals surface area contributed by atoms with Crippen molar-refractivity contribution in [3.63, 3.8) is 0 Å². The predicted octanol–water partition coefficient (Wildman–Crippen LogP) is 0.848. The summed E-state index contributed by atoms with van der Waals surface area (Å²) in [6.07, 6.45) is 4.01. The Bertz CT molecular complexity index is 1110. The van der Waals surface area contributed by atoms with E-state index >= 15 is 0 Å².